The summed E-state index contributed by atoms with van der Waals surface area (Å²) < 4.78 is 0. The standard InChI is InChI=1S/C8H12ClNS/c9-8-5-3-7-4(10-5)1-2-6(8)11-7/h4-8,10H,1-3H2. The van der Waals surface area contributed by atoms with Gasteiger partial charge in [0.2, 0.25) is 0 Å². The van der Waals surface area contributed by atoms with Crippen LogP contribution in [0.1, 0.15) is 19.3 Å². The molecule has 0 saturated carbocycles. The Bertz CT molecular complexity index is 179. The SMILES string of the molecule is ClC1C2CC3SC1CCC3N2. The van der Waals surface area contributed by atoms with Crippen molar-refractivity contribution >= 4 is 23.4 Å². The number of rotatable bonds is 0. The number of halogens is 1. The fourth-order valence-corrected chi connectivity index (χ4v) is 4.90. The molecule has 62 valence electrons. The van der Waals surface area contributed by atoms with E-state index in [0.29, 0.717) is 11.4 Å². The molecule has 3 aliphatic heterocycles. The van der Waals surface area contributed by atoms with E-state index in [0.717, 1.165) is 16.5 Å². The number of nitrogens with one attached hydrogen (secondary N) is 1. The molecule has 5 unspecified atom stereocenters. The first-order valence-electron chi connectivity index (χ1n) is 4.40. The zero-order valence-electron chi connectivity index (χ0n) is 6.29. The molecular weight excluding hydrogens is 178 g/mol. The van der Waals surface area contributed by atoms with Crippen molar-refractivity contribution in [2.75, 3.05) is 0 Å². The van der Waals surface area contributed by atoms with Gasteiger partial charge in [-0.15, -0.1) is 11.6 Å². The minimum absolute atomic E-state index is 0.406. The lowest BCUT2D eigenvalue weighted by Crippen LogP contribution is -2.38. The summed E-state index contributed by atoms with van der Waals surface area (Å²) in [6.45, 7) is 0. The number of thioether (sulfide) groups is 1. The lowest BCUT2D eigenvalue weighted by molar-refractivity contribution is 0.544. The molecule has 0 spiro atoms. The average Bonchev–Trinajstić information content (AvgIpc) is 2.33. The van der Waals surface area contributed by atoms with Gasteiger partial charge in [-0.2, -0.15) is 11.8 Å². The molecule has 0 aromatic rings. The Balaban J connectivity index is 1.95. The van der Waals surface area contributed by atoms with Gasteiger partial charge in [0.05, 0.1) is 5.38 Å². The second-order valence-electron chi connectivity index (χ2n) is 3.85. The highest BCUT2D eigenvalue weighted by molar-refractivity contribution is 8.00. The van der Waals surface area contributed by atoms with E-state index in [9.17, 15) is 0 Å². The third-order valence-corrected chi connectivity index (χ3v) is 5.72. The average molecular weight is 190 g/mol. The van der Waals surface area contributed by atoms with Crippen LogP contribution in [0.25, 0.3) is 0 Å². The van der Waals surface area contributed by atoms with E-state index in [1.165, 1.54) is 19.3 Å². The molecule has 0 aromatic carbocycles. The lowest BCUT2D eigenvalue weighted by atomic mass is 9.98. The first-order chi connectivity index (χ1) is 5.34. The molecule has 11 heavy (non-hydrogen) atoms. The second kappa shape index (κ2) is 2.30. The van der Waals surface area contributed by atoms with Gasteiger partial charge in [-0.1, -0.05) is 0 Å². The molecule has 3 aliphatic rings. The zero-order valence-corrected chi connectivity index (χ0v) is 7.87. The Morgan fingerprint density at radius 3 is 3.00 bits per heavy atom. The maximum Gasteiger partial charge on any atom is 0.0608 e. The second-order valence-corrected chi connectivity index (χ2v) is 5.84. The Kier molecular flexibility index (Phi) is 1.47. The van der Waals surface area contributed by atoms with E-state index in [-0.39, 0.29) is 0 Å². The molecule has 3 saturated heterocycles. The molecule has 0 amide bonds. The van der Waals surface area contributed by atoms with Gasteiger partial charge < -0.3 is 5.32 Å². The topological polar surface area (TPSA) is 12.0 Å². The number of hydrogen-bond donors (Lipinski definition) is 1. The Morgan fingerprint density at radius 2 is 2.09 bits per heavy atom. The van der Waals surface area contributed by atoms with Gasteiger partial charge in [-0.25, -0.2) is 0 Å². The Morgan fingerprint density at radius 1 is 1.18 bits per heavy atom. The molecule has 3 rings (SSSR count). The van der Waals surface area contributed by atoms with Gasteiger partial charge in [-0.3, -0.25) is 0 Å². The van der Waals surface area contributed by atoms with Crippen LogP contribution in [0.5, 0.6) is 0 Å². The first kappa shape index (κ1) is 7.05. The van der Waals surface area contributed by atoms with E-state index >= 15 is 0 Å². The minimum atomic E-state index is 0.406. The van der Waals surface area contributed by atoms with E-state index in [4.69, 9.17) is 11.6 Å². The largest absolute Gasteiger partial charge is 0.309 e. The summed E-state index contributed by atoms with van der Waals surface area (Å²) in [6.07, 6.45) is 4.02. The van der Waals surface area contributed by atoms with E-state index in [1.54, 1.807) is 0 Å². The van der Waals surface area contributed by atoms with Crippen molar-refractivity contribution in [2.24, 2.45) is 0 Å². The van der Waals surface area contributed by atoms with Crippen LogP contribution in [-0.2, 0) is 0 Å². The number of hydrogen-bond acceptors (Lipinski definition) is 2. The van der Waals surface area contributed by atoms with Gasteiger partial charge in [0, 0.05) is 22.6 Å². The van der Waals surface area contributed by atoms with Crippen LogP contribution in [0.15, 0.2) is 0 Å². The molecule has 0 radical (unpaired) electrons. The summed E-state index contributed by atoms with van der Waals surface area (Å²) >= 11 is 8.46. The molecular formula is C8H12ClNS. The Labute approximate surface area is 76.3 Å². The first-order valence-corrected chi connectivity index (χ1v) is 5.78. The van der Waals surface area contributed by atoms with Gasteiger partial charge in [0.15, 0.2) is 0 Å². The quantitative estimate of drug-likeness (QED) is 0.582. The third-order valence-electron chi connectivity index (χ3n) is 3.21. The van der Waals surface area contributed by atoms with Crippen molar-refractivity contribution in [3.63, 3.8) is 0 Å². The number of alkyl halides is 1. The minimum Gasteiger partial charge on any atom is -0.309 e. The van der Waals surface area contributed by atoms with Crippen LogP contribution in [-0.4, -0.2) is 28.0 Å². The van der Waals surface area contributed by atoms with Crippen LogP contribution >= 0.6 is 23.4 Å². The molecule has 3 heteroatoms. The monoisotopic (exact) mass is 189 g/mol. The maximum atomic E-state index is 6.32. The highest BCUT2D eigenvalue weighted by atomic mass is 35.5. The summed E-state index contributed by atoms with van der Waals surface area (Å²) in [4.78, 5) is 0. The molecule has 5 atom stereocenters. The van der Waals surface area contributed by atoms with Crippen molar-refractivity contribution in [3.05, 3.63) is 0 Å². The molecule has 0 aliphatic carbocycles. The summed E-state index contributed by atoms with van der Waals surface area (Å²) in [7, 11) is 0. The molecule has 1 N–H and O–H groups in total. The van der Waals surface area contributed by atoms with E-state index in [2.05, 4.69) is 17.1 Å². The van der Waals surface area contributed by atoms with Crippen LogP contribution < -0.4 is 5.32 Å². The molecule has 0 aromatic heterocycles. The van der Waals surface area contributed by atoms with Gasteiger partial charge >= 0.3 is 0 Å². The maximum absolute atomic E-state index is 6.32. The fraction of sp³-hybridized carbons (Fsp3) is 1.00. The molecule has 1 nitrogen and oxygen atoms in total. The lowest BCUT2D eigenvalue weighted by Gasteiger charge is -2.35. The van der Waals surface area contributed by atoms with Crippen LogP contribution in [0.3, 0.4) is 0 Å². The summed E-state index contributed by atoms with van der Waals surface area (Å²) in [5.41, 5.74) is 0. The van der Waals surface area contributed by atoms with Gasteiger partial charge in [-0.05, 0) is 19.3 Å². The number of fused-ring (bicyclic) bond motifs is 2. The summed E-state index contributed by atoms with van der Waals surface area (Å²) in [5, 5.41) is 5.70. The smallest absolute Gasteiger partial charge is 0.0608 e. The highest BCUT2D eigenvalue weighted by Gasteiger charge is 2.49. The van der Waals surface area contributed by atoms with Crippen LogP contribution in [0.4, 0.5) is 0 Å². The van der Waals surface area contributed by atoms with Crippen LogP contribution in [0, 0.1) is 0 Å². The molecule has 3 fully saturated rings. The van der Waals surface area contributed by atoms with Crippen molar-refractivity contribution in [1.82, 2.24) is 5.32 Å². The van der Waals surface area contributed by atoms with Crippen molar-refractivity contribution in [1.29, 1.82) is 0 Å². The fourth-order valence-electron chi connectivity index (χ4n) is 2.64. The van der Waals surface area contributed by atoms with Crippen molar-refractivity contribution < 1.29 is 0 Å². The molecule has 3 heterocycles. The predicted octanol–water partition coefficient (Wildman–Crippen LogP) is 1.60. The van der Waals surface area contributed by atoms with Crippen molar-refractivity contribution in [3.8, 4) is 0 Å². The van der Waals surface area contributed by atoms with E-state index < -0.39 is 0 Å². The van der Waals surface area contributed by atoms with Crippen molar-refractivity contribution in [2.45, 2.75) is 47.2 Å². The highest BCUT2D eigenvalue weighted by Crippen LogP contribution is 2.47. The Hall–Kier alpha value is 0.600. The third kappa shape index (κ3) is 0.895. The summed E-state index contributed by atoms with van der Waals surface area (Å²) in [6, 6.07) is 1.44. The normalized spacial score (nSPS) is 60.3. The zero-order chi connectivity index (χ0) is 7.42. The van der Waals surface area contributed by atoms with Crippen LogP contribution in [0.2, 0.25) is 0 Å². The summed E-state index contributed by atoms with van der Waals surface area (Å²) in [5.74, 6) is 0. The van der Waals surface area contributed by atoms with E-state index in [1.807, 2.05) is 0 Å². The van der Waals surface area contributed by atoms with Gasteiger partial charge in [0.1, 0.15) is 0 Å². The molecule has 3 bridgehead atoms. The van der Waals surface area contributed by atoms with Gasteiger partial charge in [0.25, 0.3) is 0 Å². The predicted molar refractivity (Wildman–Crippen MR) is 49.4 cm³/mol.